The molecule has 0 fully saturated rings. The Morgan fingerprint density at radius 3 is 1.75 bits per heavy atom. The second kappa shape index (κ2) is 12.1. The van der Waals surface area contributed by atoms with E-state index in [4.69, 9.17) is 4.74 Å². The van der Waals surface area contributed by atoms with Gasteiger partial charge in [-0.25, -0.2) is 0 Å². The van der Waals surface area contributed by atoms with Crippen LogP contribution in [-0.2, 0) is 16.6 Å². The molecular formula is C46H34NO3S+. The van der Waals surface area contributed by atoms with Gasteiger partial charge in [0.15, 0.2) is 11.4 Å². The zero-order chi connectivity index (χ0) is 34.6. The lowest BCUT2D eigenvalue weighted by Crippen LogP contribution is -2.49. The lowest BCUT2D eigenvalue weighted by atomic mass is 9.93. The summed E-state index contributed by atoms with van der Waals surface area (Å²) < 4.78 is 36.5. The highest BCUT2D eigenvalue weighted by molar-refractivity contribution is 7.91. The van der Waals surface area contributed by atoms with Gasteiger partial charge in [-0.2, -0.15) is 8.42 Å². The van der Waals surface area contributed by atoms with Crippen molar-refractivity contribution in [2.45, 2.75) is 11.4 Å². The summed E-state index contributed by atoms with van der Waals surface area (Å²) in [4.78, 5) is 0.211. The van der Waals surface area contributed by atoms with Crippen molar-refractivity contribution in [2.75, 3.05) is 7.11 Å². The molecule has 0 amide bonds. The maximum Gasteiger partial charge on any atom is 0.337 e. The molecule has 4 nitrogen and oxygen atoms in total. The van der Waals surface area contributed by atoms with Crippen molar-refractivity contribution in [3.63, 3.8) is 0 Å². The zero-order valence-electron chi connectivity index (χ0n) is 28.0. The highest BCUT2D eigenvalue weighted by atomic mass is 32.2. The molecule has 0 aliphatic rings. The normalized spacial score (nSPS) is 13.2. The smallest absolute Gasteiger partial charge is 0.337 e. The number of nitrogens with zero attached hydrogens (tertiary/aromatic N) is 1. The number of hydrogen-bond acceptors (Lipinski definition) is 3. The van der Waals surface area contributed by atoms with Crippen LogP contribution in [-0.4, -0.2) is 15.5 Å². The number of rotatable bonds is 7. The highest BCUT2D eigenvalue weighted by Gasteiger charge is 2.49. The van der Waals surface area contributed by atoms with E-state index in [9.17, 15) is 0 Å². The van der Waals surface area contributed by atoms with Crippen LogP contribution in [0.5, 0.6) is 5.75 Å². The average Bonchev–Trinajstić information content (AvgIpc) is 3.19. The Morgan fingerprint density at radius 1 is 0.471 bits per heavy atom. The van der Waals surface area contributed by atoms with E-state index < -0.39 is 13.9 Å². The second-order valence-electron chi connectivity index (χ2n) is 13.0. The topological polar surface area (TPSA) is 43.4 Å². The van der Waals surface area contributed by atoms with E-state index in [0.717, 1.165) is 37.9 Å². The van der Waals surface area contributed by atoms with Gasteiger partial charge in [-0.1, -0.05) is 121 Å². The Kier molecular flexibility index (Phi) is 7.35. The van der Waals surface area contributed by atoms with Gasteiger partial charge >= 0.3 is 10.0 Å². The van der Waals surface area contributed by atoms with E-state index in [1.165, 1.54) is 21.5 Å². The minimum atomic E-state index is -4.18. The number of sulfonamides is 1. The fraction of sp³-hybridized carbons (Fsp3) is 0.0435. The molecule has 0 aliphatic heterocycles. The Bertz CT molecular complexity index is 2890. The Morgan fingerprint density at radius 2 is 1.02 bits per heavy atom. The zero-order valence-corrected chi connectivity index (χ0v) is 28.8. The van der Waals surface area contributed by atoms with Gasteiger partial charge < -0.3 is 4.74 Å². The molecule has 246 valence electrons. The van der Waals surface area contributed by atoms with Crippen molar-refractivity contribution < 1.29 is 13.2 Å². The Balaban J connectivity index is 1.40. The van der Waals surface area contributed by atoms with Crippen LogP contribution in [0.3, 0.4) is 0 Å². The number of hydrogen-bond donors (Lipinski definition) is 0. The largest absolute Gasteiger partial charge is 0.497 e. The molecular weight excluding hydrogens is 647 g/mol. The molecule has 9 aromatic carbocycles. The van der Waals surface area contributed by atoms with Crippen LogP contribution in [0.15, 0.2) is 181 Å². The Labute approximate surface area is 297 Å². The van der Waals surface area contributed by atoms with Crippen molar-refractivity contribution in [3.8, 4) is 5.75 Å². The lowest BCUT2D eigenvalue weighted by Gasteiger charge is -2.37. The van der Waals surface area contributed by atoms with Gasteiger partial charge in [0.2, 0.25) is 0 Å². The number of quaternary nitrogens is 1. The number of methoxy groups -OCH3 is 1. The predicted octanol–water partition coefficient (Wildman–Crippen LogP) is 11.7. The molecule has 1 atom stereocenters. The second-order valence-corrected chi connectivity index (χ2v) is 15.1. The lowest BCUT2D eigenvalue weighted by molar-refractivity contribution is 0.414. The summed E-state index contributed by atoms with van der Waals surface area (Å²) in [6.07, 6.45) is 0. The third-order valence-corrected chi connectivity index (χ3v) is 12.5. The fourth-order valence-corrected chi connectivity index (χ4v) is 9.78. The summed E-state index contributed by atoms with van der Waals surface area (Å²) in [5, 5.41) is 10.9. The van der Waals surface area contributed by atoms with Gasteiger partial charge in [0.1, 0.15) is 17.2 Å². The van der Waals surface area contributed by atoms with Crippen molar-refractivity contribution in [1.82, 2.24) is 3.89 Å². The molecule has 51 heavy (non-hydrogen) atoms. The van der Waals surface area contributed by atoms with Gasteiger partial charge in [0, 0.05) is 29.1 Å². The maximum atomic E-state index is 15.7. The summed E-state index contributed by atoms with van der Waals surface area (Å²) in [7, 11) is -2.60. The molecule has 0 N–H and O–H groups in total. The molecule has 0 saturated carbocycles. The summed E-state index contributed by atoms with van der Waals surface area (Å²) in [5.41, 5.74) is 2.24. The van der Waals surface area contributed by atoms with Crippen LogP contribution >= 0.6 is 0 Å². The predicted molar refractivity (Wildman–Crippen MR) is 212 cm³/mol. The van der Waals surface area contributed by atoms with Crippen molar-refractivity contribution in [3.05, 3.63) is 181 Å². The fourth-order valence-electron chi connectivity index (χ4n) is 7.81. The van der Waals surface area contributed by atoms with Crippen LogP contribution in [0.1, 0.15) is 5.56 Å². The molecule has 0 radical (unpaired) electrons. The molecule has 0 saturated heterocycles. The number of fused-ring (bicyclic) bond motifs is 8. The SMILES string of the molecule is COc1ccc(S(=O)(=O)[N+](Cc2ccccc2)(c2ccc3ccccc3c2)c2cccc3c2ccc2c3ccc3c4ccccc4ccc32)cc1. The van der Waals surface area contributed by atoms with Gasteiger partial charge in [-0.05, 0) is 84.9 Å². The average molecular weight is 681 g/mol. The quantitative estimate of drug-likeness (QED) is 0.124. The third kappa shape index (κ3) is 4.89. The first-order valence-electron chi connectivity index (χ1n) is 17.1. The number of ether oxygens (including phenoxy) is 1. The van der Waals surface area contributed by atoms with Crippen molar-refractivity contribution in [2.24, 2.45) is 0 Å². The van der Waals surface area contributed by atoms with Crippen LogP contribution < -0.4 is 8.63 Å². The molecule has 5 heteroatoms. The molecule has 9 aromatic rings. The summed E-state index contributed by atoms with van der Waals surface area (Å²) in [6, 6.07) is 58.4. The van der Waals surface area contributed by atoms with E-state index in [1.807, 2.05) is 78.9 Å². The molecule has 0 spiro atoms. The minimum absolute atomic E-state index is 0.175. The molecule has 0 bridgehead atoms. The van der Waals surface area contributed by atoms with Crippen molar-refractivity contribution in [1.29, 1.82) is 0 Å². The van der Waals surface area contributed by atoms with Gasteiger partial charge in [-0.15, -0.1) is 3.89 Å². The van der Waals surface area contributed by atoms with Crippen LogP contribution in [0.4, 0.5) is 11.4 Å². The standard InChI is InChI=1S/C46H34NO3S/c1-50-37-21-23-38(24-22-37)51(48,49)47(31-32-10-3-2-4-11-32,36-20-18-33-12-5-6-14-35(33)30-36)46-17-9-16-40-43-27-26-41-39-15-8-7-13-34(39)19-25-42(41)44(43)28-29-45(40)46/h2-30H,31H2,1H3/q+1. The summed E-state index contributed by atoms with van der Waals surface area (Å²) >= 11 is 0. The van der Waals surface area contributed by atoms with Gasteiger partial charge in [-0.3, -0.25) is 0 Å². The van der Waals surface area contributed by atoms with Crippen molar-refractivity contribution >= 4 is 75.3 Å². The van der Waals surface area contributed by atoms with E-state index >= 15 is 8.42 Å². The Hall–Kier alpha value is -6.01. The van der Waals surface area contributed by atoms with E-state index in [-0.39, 0.29) is 11.4 Å². The van der Waals surface area contributed by atoms with Crippen LogP contribution in [0.25, 0.3) is 53.9 Å². The van der Waals surface area contributed by atoms with Crippen LogP contribution in [0.2, 0.25) is 0 Å². The first kappa shape index (κ1) is 31.0. The maximum absolute atomic E-state index is 15.7. The number of benzene rings is 9. The van der Waals surface area contributed by atoms with Crippen LogP contribution in [0, 0.1) is 0 Å². The molecule has 9 rings (SSSR count). The van der Waals surface area contributed by atoms with Gasteiger partial charge in [0.05, 0.1) is 7.11 Å². The van der Waals surface area contributed by atoms with E-state index in [1.54, 1.807) is 31.4 Å². The third-order valence-electron chi connectivity index (χ3n) is 10.3. The first-order chi connectivity index (χ1) is 25.0. The molecule has 1 unspecified atom stereocenters. The summed E-state index contributed by atoms with van der Waals surface area (Å²) in [6.45, 7) is 0.175. The molecule has 0 aliphatic carbocycles. The summed E-state index contributed by atoms with van der Waals surface area (Å²) in [5.74, 6) is 0.595. The molecule has 0 aromatic heterocycles. The monoisotopic (exact) mass is 680 g/mol. The first-order valence-corrected chi connectivity index (χ1v) is 18.5. The van der Waals surface area contributed by atoms with E-state index in [0.29, 0.717) is 17.1 Å². The van der Waals surface area contributed by atoms with E-state index in [2.05, 4.69) is 72.8 Å². The minimum Gasteiger partial charge on any atom is -0.497 e. The highest BCUT2D eigenvalue weighted by Crippen LogP contribution is 2.49. The molecule has 0 heterocycles. The van der Waals surface area contributed by atoms with Gasteiger partial charge in [0.25, 0.3) is 0 Å².